The Kier molecular flexibility index (Phi) is 2.88. The van der Waals surface area contributed by atoms with Crippen molar-refractivity contribution >= 4 is 23.7 Å². The first-order valence-corrected chi connectivity index (χ1v) is 5.01. The molecule has 0 amide bonds. The van der Waals surface area contributed by atoms with Crippen LogP contribution in [0.1, 0.15) is 10.4 Å². The number of ether oxygens (including phenoxy) is 1. The summed E-state index contributed by atoms with van der Waals surface area (Å²) in [5, 5.41) is 0.343. The van der Waals surface area contributed by atoms with Crippen molar-refractivity contribution in [2.24, 2.45) is 0 Å². The summed E-state index contributed by atoms with van der Waals surface area (Å²) >= 11 is 5.80. The van der Waals surface area contributed by atoms with Crippen LogP contribution in [0.4, 0.5) is 5.82 Å². The molecule has 1 aromatic rings. The zero-order valence-electron chi connectivity index (χ0n) is 8.31. The third-order valence-corrected chi connectivity index (χ3v) is 2.64. The second-order valence-corrected chi connectivity index (χ2v) is 3.85. The van der Waals surface area contributed by atoms with E-state index in [-0.39, 0.29) is 6.10 Å². The Bertz CT molecular complexity index is 378. The molecule has 0 N–H and O–H groups in total. The van der Waals surface area contributed by atoms with E-state index in [4.69, 9.17) is 16.3 Å². The summed E-state index contributed by atoms with van der Waals surface area (Å²) in [4.78, 5) is 16.8. The van der Waals surface area contributed by atoms with E-state index in [0.29, 0.717) is 10.7 Å². The van der Waals surface area contributed by atoms with Crippen molar-refractivity contribution in [1.29, 1.82) is 0 Å². The molecule has 2 heterocycles. The van der Waals surface area contributed by atoms with Gasteiger partial charge in [-0.3, -0.25) is 4.79 Å². The van der Waals surface area contributed by atoms with E-state index in [1.165, 1.54) is 0 Å². The van der Waals surface area contributed by atoms with Gasteiger partial charge in [0.2, 0.25) is 0 Å². The van der Waals surface area contributed by atoms with Gasteiger partial charge in [-0.2, -0.15) is 0 Å². The summed E-state index contributed by atoms with van der Waals surface area (Å²) in [6.07, 6.45) is 1.02. The Morgan fingerprint density at radius 2 is 2.33 bits per heavy atom. The maximum atomic E-state index is 10.6. The molecule has 1 aromatic heterocycles. The van der Waals surface area contributed by atoms with Gasteiger partial charge >= 0.3 is 0 Å². The number of methoxy groups -OCH3 is 1. The fourth-order valence-electron chi connectivity index (χ4n) is 1.51. The number of hydrogen-bond donors (Lipinski definition) is 0. The van der Waals surface area contributed by atoms with Gasteiger partial charge in [0, 0.05) is 25.8 Å². The Morgan fingerprint density at radius 3 is 2.93 bits per heavy atom. The van der Waals surface area contributed by atoms with Gasteiger partial charge in [0.05, 0.1) is 6.10 Å². The van der Waals surface area contributed by atoms with E-state index in [1.54, 1.807) is 19.2 Å². The molecule has 4 nitrogen and oxygen atoms in total. The molecule has 0 unspecified atom stereocenters. The summed E-state index contributed by atoms with van der Waals surface area (Å²) in [5.41, 5.74) is 0.547. The molecule has 80 valence electrons. The van der Waals surface area contributed by atoms with Crippen LogP contribution in [0.15, 0.2) is 12.1 Å². The van der Waals surface area contributed by atoms with Crippen LogP contribution in [0.5, 0.6) is 0 Å². The van der Waals surface area contributed by atoms with Crippen molar-refractivity contribution in [2.75, 3.05) is 25.1 Å². The molecule has 0 saturated carbocycles. The summed E-state index contributed by atoms with van der Waals surface area (Å²) in [6.45, 7) is 1.59. The average Bonchev–Trinajstić information content (AvgIpc) is 2.15. The number of anilines is 1. The van der Waals surface area contributed by atoms with Crippen LogP contribution in [0, 0.1) is 0 Å². The number of aldehydes is 1. The number of halogens is 1. The molecule has 15 heavy (non-hydrogen) atoms. The maximum Gasteiger partial charge on any atom is 0.150 e. The summed E-state index contributed by atoms with van der Waals surface area (Å²) < 4.78 is 5.15. The van der Waals surface area contributed by atoms with Crippen LogP contribution in [0.3, 0.4) is 0 Å². The quantitative estimate of drug-likeness (QED) is 0.577. The van der Waals surface area contributed by atoms with Crippen molar-refractivity contribution in [1.82, 2.24) is 4.98 Å². The van der Waals surface area contributed by atoms with Gasteiger partial charge in [0.25, 0.3) is 0 Å². The largest absolute Gasteiger partial charge is 0.378 e. The molecule has 0 aromatic carbocycles. The van der Waals surface area contributed by atoms with Gasteiger partial charge < -0.3 is 9.64 Å². The molecule has 2 rings (SSSR count). The number of carbonyl (C=O) groups excluding carboxylic acids is 1. The number of aromatic nitrogens is 1. The van der Waals surface area contributed by atoms with Crippen molar-refractivity contribution in [2.45, 2.75) is 6.10 Å². The van der Waals surface area contributed by atoms with Gasteiger partial charge in [-0.15, -0.1) is 0 Å². The highest BCUT2D eigenvalue weighted by atomic mass is 35.5. The van der Waals surface area contributed by atoms with Crippen molar-refractivity contribution in [3.05, 3.63) is 22.8 Å². The predicted octanol–water partition coefficient (Wildman–Crippen LogP) is 1.38. The van der Waals surface area contributed by atoms with E-state index >= 15 is 0 Å². The molecule has 1 fully saturated rings. The third kappa shape index (κ3) is 2.11. The number of carbonyl (C=O) groups is 1. The fraction of sp³-hybridized carbons (Fsp3) is 0.400. The SMILES string of the molecule is COC1CN(c2cc(C=O)cc(Cl)n2)C1. The Hall–Kier alpha value is -1.13. The van der Waals surface area contributed by atoms with Crippen LogP contribution in [0.2, 0.25) is 5.15 Å². The standard InChI is InChI=1S/C10H11ClN2O2/c1-15-8-4-13(5-8)10-3-7(6-14)2-9(11)12-10/h2-3,6,8H,4-5H2,1H3. The zero-order valence-corrected chi connectivity index (χ0v) is 9.07. The topological polar surface area (TPSA) is 42.4 Å². The lowest BCUT2D eigenvalue weighted by Crippen LogP contribution is -2.52. The molecule has 1 saturated heterocycles. The minimum absolute atomic E-state index is 0.255. The van der Waals surface area contributed by atoms with Gasteiger partial charge in [-0.25, -0.2) is 4.98 Å². The Labute approximate surface area is 92.8 Å². The molecule has 0 bridgehead atoms. The zero-order chi connectivity index (χ0) is 10.8. The summed E-state index contributed by atoms with van der Waals surface area (Å²) in [5.74, 6) is 0.734. The Morgan fingerprint density at radius 1 is 1.60 bits per heavy atom. The lowest BCUT2D eigenvalue weighted by molar-refractivity contribution is 0.0783. The molecule has 5 heteroatoms. The molecule has 0 aliphatic carbocycles. The second-order valence-electron chi connectivity index (χ2n) is 3.46. The lowest BCUT2D eigenvalue weighted by atomic mass is 10.1. The van der Waals surface area contributed by atoms with E-state index in [2.05, 4.69) is 4.98 Å². The summed E-state index contributed by atoms with van der Waals surface area (Å²) in [7, 11) is 1.68. The first-order valence-electron chi connectivity index (χ1n) is 4.63. The van der Waals surface area contributed by atoms with Crippen molar-refractivity contribution in [3.63, 3.8) is 0 Å². The average molecular weight is 227 g/mol. The van der Waals surface area contributed by atoms with Crippen LogP contribution >= 0.6 is 11.6 Å². The summed E-state index contributed by atoms with van der Waals surface area (Å²) in [6, 6.07) is 3.27. The minimum Gasteiger partial charge on any atom is -0.378 e. The smallest absolute Gasteiger partial charge is 0.150 e. The minimum atomic E-state index is 0.255. The van der Waals surface area contributed by atoms with E-state index in [0.717, 1.165) is 25.2 Å². The highest BCUT2D eigenvalue weighted by Gasteiger charge is 2.27. The van der Waals surface area contributed by atoms with Gasteiger partial charge in [-0.05, 0) is 12.1 Å². The molecule has 1 aliphatic heterocycles. The third-order valence-electron chi connectivity index (χ3n) is 2.44. The maximum absolute atomic E-state index is 10.6. The highest BCUT2D eigenvalue weighted by Crippen LogP contribution is 2.22. The number of nitrogens with zero attached hydrogens (tertiary/aromatic N) is 2. The highest BCUT2D eigenvalue weighted by molar-refractivity contribution is 6.29. The van der Waals surface area contributed by atoms with E-state index < -0.39 is 0 Å². The van der Waals surface area contributed by atoms with Crippen molar-refractivity contribution in [3.8, 4) is 0 Å². The van der Waals surface area contributed by atoms with Crippen molar-refractivity contribution < 1.29 is 9.53 Å². The number of rotatable bonds is 3. The first-order chi connectivity index (χ1) is 7.22. The monoisotopic (exact) mass is 226 g/mol. The lowest BCUT2D eigenvalue weighted by Gasteiger charge is -2.39. The molecular weight excluding hydrogens is 216 g/mol. The van der Waals surface area contributed by atoms with Crippen LogP contribution in [-0.4, -0.2) is 37.6 Å². The first kappa shape index (κ1) is 10.4. The molecule has 1 aliphatic rings. The fourth-order valence-corrected chi connectivity index (χ4v) is 1.72. The number of hydrogen-bond acceptors (Lipinski definition) is 4. The Balaban J connectivity index is 2.15. The van der Waals surface area contributed by atoms with Crippen LogP contribution < -0.4 is 4.90 Å². The normalized spacial score (nSPS) is 16.3. The van der Waals surface area contributed by atoms with Gasteiger partial charge in [0.1, 0.15) is 17.3 Å². The van der Waals surface area contributed by atoms with Crippen LogP contribution in [0.25, 0.3) is 0 Å². The molecule has 0 radical (unpaired) electrons. The van der Waals surface area contributed by atoms with E-state index in [9.17, 15) is 4.79 Å². The van der Waals surface area contributed by atoms with Crippen LogP contribution in [-0.2, 0) is 4.74 Å². The second kappa shape index (κ2) is 4.16. The predicted molar refractivity (Wildman–Crippen MR) is 57.6 cm³/mol. The molecule has 0 atom stereocenters. The number of pyridine rings is 1. The van der Waals surface area contributed by atoms with Gasteiger partial charge in [0.15, 0.2) is 0 Å². The van der Waals surface area contributed by atoms with E-state index in [1.807, 2.05) is 4.90 Å². The van der Waals surface area contributed by atoms with Gasteiger partial charge in [-0.1, -0.05) is 11.6 Å². The molecular formula is C10H11ClN2O2. The molecule has 0 spiro atoms.